The molecular formula is C14H13Cl2N3O. The van der Waals surface area contributed by atoms with Gasteiger partial charge in [-0.25, -0.2) is 0 Å². The third-order valence-electron chi connectivity index (χ3n) is 3.43. The lowest BCUT2D eigenvalue weighted by Gasteiger charge is -2.13. The predicted octanol–water partition coefficient (Wildman–Crippen LogP) is 3.69. The Kier molecular flexibility index (Phi) is 3.46. The molecule has 1 aliphatic carbocycles. The Balaban J connectivity index is 1.97. The fraction of sp³-hybridized carbons (Fsp3) is 0.214. The molecule has 0 amide bonds. The van der Waals surface area contributed by atoms with Crippen LogP contribution in [0.4, 0.5) is 17.1 Å². The van der Waals surface area contributed by atoms with E-state index in [-0.39, 0.29) is 0 Å². The number of halogens is 2. The quantitative estimate of drug-likeness (QED) is 0.740. The van der Waals surface area contributed by atoms with E-state index in [1.807, 2.05) is 6.07 Å². The molecule has 6 heteroatoms. The zero-order chi connectivity index (χ0) is 14.3. The molecule has 0 radical (unpaired) electrons. The number of nitrogens with zero attached hydrogens (tertiary/aromatic N) is 1. The van der Waals surface area contributed by atoms with Gasteiger partial charge in [0, 0.05) is 17.6 Å². The minimum Gasteiger partial charge on any atom is -0.396 e. The maximum atomic E-state index is 9.85. The van der Waals surface area contributed by atoms with E-state index in [9.17, 15) is 5.11 Å². The summed E-state index contributed by atoms with van der Waals surface area (Å²) < 4.78 is 0. The normalized spacial score (nSPS) is 17.1. The van der Waals surface area contributed by atoms with E-state index in [1.165, 1.54) is 0 Å². The van der Waals surface area contributed by atoms with Gasteiger partial charge in [0.25, 0.3) is 0 Å². The molecule has 1 aromatic carbocycles. The second kappa shape index (κ2) is 5.13. The first-order valence-corrected chi connectivity index (χ1v) is 6.99. The number of hydrogen-bond acceptors (Lipinski definition) is 4. The molecule has 3 rings (SSSR count). The lowest BCUT2D eigenvalue weighted by atomic mass is 10.1. The van der Waals surface area contributed by atoms with Crippen molar-refractivity contribution in [1.82, 2.24) is 4.98 Å². The van der Waals surface area contributed by atoms with Crippen LogP contribution in [0.2, 0.25) is 10.0 Å². The van der Waals surface area contributed by atoms with Crippen LogP contribution in [-0.2, 0) is 6.42 Å². The smallest absolute Gasteiger partial charge is 0.0966 e. The summed E-state index contributed by atoms with van der Waals surface area (Å²) in [5, 5.41) is 13.9. The summed E-state index contributed by atoms with van der Waals surface area (Å²) in [5.74, 6) is 0. The minimum atomic E-state index is -0.481. The summed E-state index contributed by atoms with van der Waals surface area (Å²) >= 11 is 12.0. The molecule has 1 heterocycles. The highest BCUT2D eigenvalue weighted by atomic mass is 35.5. The summed E-state index contributed by atoms with van der Waals surface area (Å²) in [6.45, 7) is 0. The van der Waals surface area contributed by atoms with Gasteiger partial charge in [0.15, 0.2) is 0 Å². The van der Waals surface area contributed by atoms with Gasteiger partial charge in [-0.1, -0.05) is 23.2 Å². The maximum Gasteiger partial charge on any atom is 0.0966 e. The molecule has 1 unspecified atom stereocenters. The van der Waals surface area contributed by atoms with E-state index in [2.05, 4.69) is 10.3 Å². The average Bonchev–Trinajstić information content (AvgIpc) is 2.79. The molecule has 0 saturated heterocycles. The molecule has 1 aromatic heterocycles. The number of pyridine rings is 1. The van der Waals surface area contributed by atoms with Crippen molar-refractivity contribution in [3.63, 3.8) is 0 Å². The summed E-state index contributed by atoms with van der Waals surface area (Å²) in [6.07, 6.45) is 2.69. The van der Waals surface area contributed by atoms with Crippen molar-refractivity contribution in [2.75, 3.05) is 11.1 Å². The Bertz CT molecular complexity index is 652. The molecule has 4 N–H and O–H groups in total. The monoisotopic (exact) mass is 309 g/mol. The fourth-order valence-electron chi connectivity index (χ4n) is 2.41. The number of nitrogens with two attached hydrogens (primary N) is 1. The van der Waals surface area contributed by atoms with Gasteiger partial charge in [-0.15, -0.1) is 0 Å². The largest absolute Gasteiger partial charge is 0.396 e. The predicted molar refractivity (Wildman–Crippen MR) is 81.7 cm³/mol. The van der Waals surface area contributed by atoms with Crippen LogP contribution < -0.4 is 11.1 Å². The number of nitrogens with one attached hydrogen (secondary N) is 1. The number of fused-ring (bicyclic) bond motifs is 1. The topological polar surface area (TPSA) is 71.2 Å². The third-order valence-corrected chi connectivity index (χ3v) is 4.06. The molecule has 2 aromatic rings. The Hall–Kier alpha value is -1.49. The van der Waals surface area contributed by atoms with E-state index in [0.717, 1.165) is 29.1 Å². The molecule has 0 aliphatic heterocycles. The first kappa shape index (κ1) is 13.5. The second-order valence-electron chi connectivity index (χ2n) is 4.76. The van der Waals surface area contributed by atoms with Crippen molar-refractivity contribution >= 4 is 40.3 Å². The number of nitrogen functional groups attached to an aromatic ring is 1. The van der Waals surface area contributed by atoms with Crippen LogP contribution in [-0.4, -0.2) is 10.1 Å². The zero-order valence-electron chi connectivity index (χ0n) is 10.5. The SMILES string of the molecule is Nc1c(Cl)cc(Nc2ccnc3c2CCC3O)cc1Cl. The Morgan fingerprint density at radius 3 is 2.70 bits per heavy atom. The van der Waals surface area contributed by atoms with Gasteiger partial charge in [0.1, 0.15) is 0 Å². The molecule has 0 saturated carbocycles. The summed E-state index contributed by atoms with van der Waals surface area (Å²) in [4.78, 5) is 4.23. The fourth-order valence-corrected chi connectivity index (χ4v) is 2.89. The van der Waals surface area contributed by atoms with Gasteiger partial charge in [0.2, 0.25) is 0 Å². The van der Waals surface area contributed by atoms with E-state index < -0.39 is 6.10 Å². The summed E-state index contributed by atoms with van der Waals surface area (Å²) in [7, 11) is 0. The van der Waals surface area contributed by atoms with Gasteiger partial charge < -0.3 is 16.2 Å². The van der Waals surface area contributed by atoms with E-state index in [4.69, 9.17) is 28.9 Å². The van der Waals surface area contributed by atoms with E-state index >= 15 is 0 Å². The van der Waals surface area contributed by atoms with Crippen molar-refractivity contribution in [1.29, 1.82) is 0 Å². The zero-order valence-corrected chi connectivity index (χ0v) is 12.0. The van der Waals surface area contributed by atoms with Gasteiger partial charge in [0.05, 0.1) is 27.5 Å². The van der Waals surface area contributed by atoms with Gasteiger partial charge in [-0.2, -0.15) is 0 Å². The molecule has 20 heavy (non-hydrogen) atoms. The van der Waals surface area contributed by atoms with Crippen LogP contribution in [0.25, 0.3) is 0 Å². The van der Waals surface area contributed by atoms with Crippen LogP contribution in [0, 0.1) is 0 Å². The number of benzene rings is 1. The molecule has 104 valence electrons. The Morgan fingerprint density at radius 1 is 1.30 bits per heavy atom. The summed E-state index contributed by atoms with van der Waals surface area (Å²) in [5.41, 5.74) is 9.52. The summed E-state index contributed by atoms with van der Waals surface area (Å²) in [6, 6.07) is 5.32. The molecule has 0 fully saturated rings. The Labute approximate surface area is 126 Å². The number of aromatic nitrogens is 1. The van der Waals surface area contributed by atoms with Crippen molar-refractivity contribution in [3.8, 4) is 0 Å². The van der Waals surface area contributed by atoms with Gasteiger partial charge in [-0.3, -0.25) is 4.98 Å². The highest BCUT2D eigenvalue weighted by molar-refractivity contribution is 6.39. The van der Waals surface area contributed by atoms with Crippen molar-refractivity contribution in [2.45, 2.75) is 18.9 Å². The van der Waals surface area contributed by atoms with Crippen molar-refractivity contribution in [3.05, 3.63) is 45.7 Å². The van der Waals surface area contributed by atoms with Crippen LogP contribution in [0.3, 0.4) is 0 Å². The lowest BCUT2D eigenvalue weighted by Crippen LogP contribution is -2.00. The molecule has 0 bridgehead atoms. The molecular weight excluding hydrogens is 297 g/mol. The van der Waals surface area contributed by atoms with Gasteiger partial charge in [-0.05, 0) is 36.6 Å². The third kappa shape index (κ3) is 2.30. The maximum absolute atomic E-state index is 9.85. The van der Waals surface area contributed by atoms with Crippen LogP contribution >= 0.6 is 23.2 Å². The molecule has 0 spiro atoms. The van der Waals surface area contributed by atoms with Crippen molar-refractivity contribution < 1.29 is 5.11 Å². The number of aliphatic hydroxyl groups excluding tert-OH is 1. The van der Waals surface area contributed by atoms with Gasteiger partial charge >= 0.3 is 0 Å². The van der Waals surface area contributed by atoms with Crippen LogP contribution in [0.5, 0.6) is 0 Å². The number of aliphatic hydroxyl groups is 1. The first-order valence-electron chi connectivity index (χ1n) is 6.23. The lowest BCUT2D eigenvalue weighted by molar-refractivity contribution is 0.176. The highest BCUT2D eigenvalue weighted by Gasteiger charge is 2.24. The van der Waals surface area contributed by atoms with Crippen molar-refractivity contribution in [2.24, 2.45) is 0 Å². The number of rotatable bonds is 2. The number of anilines is 3. The molecule has 1 aliphatic rings. The first-order chi connectivity index (χ1) is 9.56. The second-order valence-corrected chi connectivity index (χ2v) is 5.57. The average molecular weight is 310 g/mol. The van der Waals surface area contributed by atoms with Crippen LogP contribution in [0.1, 0.15) is 23.8 Å². The number of hydrogen-bond donors (Lipinski definition) is 3. The van der Waals surface area contributed by atoms with Crippen LogP contribution in [0.15, 0.2) is 24.4 Å². The highest BCUT2D eigenvalue weighted by Crippen LogP contribution is 2.37. The van der Waals surface area contributed by atoms with E-state index in [1.54, 1.807) is 18.3 Å². The minimum absolute atomic E-state index is 0.370. The molecule has 4 nitrogen and oxygen atoms in total. The molecule has 1 atom stereocenters. The Morgan fingerprint density at radius 2 is 2.00 bits per heavy atom. The standard InChI is InChI=1S/C14H13Cl2N3O/c15-9-5-7(6-10(16)13(9)17)19-11-3-4-18-14-8(11)1-2-12(14)20/h3-6,12,20H,1-2,17H2,(H,18,19). The van der Waals surface area contributed by atoms with E-state index in [0.29, 0.717) is 22.2 Å².